The molecule has 1 N–H and O–H groups in total. The quantitative estimate of drug-likeness (QED) is 0.867. The van der Waals surface area contributed by atoms with Gasteiger partial charge in [0.1, 0.15) is 11.5 Å². The number of benzene rings is 1. The van der Waals surface area contributed by atoms with Gasteiger partial charge >= 0.3 is 0 Å². The normalized spacial score (nSPS) is 35.5. The van der Waals surface area contributed by atoms with Crippen molar-refractivity contribution >= 4 is 5.78 Å². The Morgan fingerprint density at radius 1 is 1.26 bits per heavy atom. The number of carbonyl (C=O) groups is 1. The van der Waals surface area contributed by atoms with Crippen LogP contribution in [0.3, 0.4) is 0 Å². The summed E-state index contributed by atoms with van der Waals surface area (Å²) < 4.78 is 5.54. The average Bonchev–Trinajstić information content (AvgIpc) is 3.44. The number of ether oxygens (including phenoxy) is 1. The van der Waals surface area contributed by atoms with Crippen molar-refractivity contribution in [2.75, 3.05) is 26.8 Å². The molecule has 1 aromatic carbocycles. The summed E-state index contributed by atoms with van der Waals surface area (Å²) in [6.45, 7) is 2.46. The van der Waals surface area contributed by atoms with Crippen molar-refractivity contribution < 1.29 is 14.6 Å². The van der Waals surface area contributed by atoms with E-state index in [1.165, 1.54) is 30.5 Å². The molecule has 0 spiro atoms. The second kappa shape index (κ2) is 6.31. The van der Waals surface area contributed by atoms with Crippen molar-refractivity contribution in [1.29, 1.82) is 0 Å². The van der Waals surface area contributed by atoms with Crippen molar-refractivity contribution in [3.05, 3.63) is 29.3 Å². The first kappa shape index (κ1) is 17.7. The van der Waals surface area contributed by atoms with E-state index < -0.39 is 0 Å². The fourth-order valence-corrected chi connectivity index (χ4v) is 6.79. The molecule has 3 aliphatic carbocycles. The van der Waals surface area contributed by atoms with E-state index in [9.17, 15) is 9.90 Å². The first-order chi connectivity index (χ1) is 13.1. The van der Waals surface area contributed by atoms with Crippen LogP contribution >= 0.6 is 0 Å². The number of hydrogen-bond donors (Lipinski definition) is 1. The first-order valence-electron chi connectivity index (χ1n) is 10.7. The van der Waals surface area contributed by atoms with Crippen LogP contribution in [0.15, 0.2) is 18.2 Å². The molecule has 5 rings (SSSR count). The smallest absolute Gasteiger partial charge is 0.133 e. The van der Waals surface area contributed by atoms with Crippen LogP contribution in [0.4, 0.5) is 0 Å². The minimum atomic E-state index is -0.0634. The van der Waals surface area contributed by atoms with Crippen LogP contribution in [0, 0.1) is 11.3 Å². The molecule has 1 aromatic rings. The molecule has 0 bridgehead atoms. The maximum absolute atomic E-state index is 12.7. The Morgan fingerprint density at radius 2 is 2.11 bits per heavy atom. The van der Waals surface area contributed by atoms with Crippen LogP contribution in [0.2, 0.25) is 0 Å². The van der Waals surface area contributed by atoms with Crippen LogP contribution in [-0.4, -0.2) is 48.6 Å². The van der Waals surface area contributed by atoms with Crippen molar-refractivity contribution in [3.63, 3.8) is 0 Å². The molecule has 1 aliphatic heterocycles. The molecule has 3 fully saturated rings. The fourth-order valence-electron chi connectivity index (χ4n) is 6.79. The standard InChI is InChI=1S/C23H31NO3/c1-27-19-5-4-17-13-23-8-6-18(26)14-22(23,20(17)12-19)9-10-24(15-16-2-3-16)21(23)7-11-25/h4-5,12,16,21,25H,2-3,6-11,13-15H2,1H3/t21-,22+,23-/m0/s1. The van der Waals surface area contributed by atoms with E-state index >= 15 is 0 Å². The molecular formula is C23H31NO3. The molecule has 0 amide bonds. The average molecular weight is 370 g/mol. The van der Waals surface area contributed by atoms with Crippen LogP contribution in [0.5, 0.6) is 5.75 Å². The summed E-state index contributed by atoms with van der Waals surface area (Å²) in [5.41, 5.74) is 2.79. The Morgan fingerprint density at radius 3 is 2.85 bits per heavy atom. The van der Waals surface area contributed by atoms with Crippen LogP contribution in [0.25, 0.3) is 0 Å². The summed E-state index contributed by atoms with van der Waals surface area (Å²) in [6, 6.07) is 6.89. The predicted molar refractivity (Wildman–Crippen MR) is 104 cm³/mol. The molecular weight excluding hydrogens is 338 g/mol. The van der Waals surface area contributed by atoms with Crippen LogP contribution in [0.1, 0.15) is 56.1 Å². The Hall–Kier alpha value is -1.39. The van der Waals surface area contributed by atoms with E-state index in [2.05, 4.69) is 23.1 Å². The number of piperidine rings is 1. The largest absolute Gasteiger partial charge is 0.497 e. The number of hydrogen-bond acceptors (Lipinski definition) is 4. The highest BCUT2D eigenvalue weighted by molar-refractivity contribution is 5.82. The Balaban J connectivity index is 1.62. The third kappa shape index (κ3) is 2.52. The molecule has 0 aromatic heterocycles. The van der Waals surface area contributed by atoms with Gasteiger partial charge in [0.2, 0.25) is 0 Å². The van der Waals surface area contributed by atoms with E-state index in [4.69, 9.17) is 4.74 Å². The van der Waals surface area contributed by atoms with Gasteiger partial charge in [0.25, 0.3) is 0 Å². The summed E-state index contributed by atoms with van der Waals surface area (Å²) >= 11 is 0. The van der Waals surface area contributed by atoms with E-state index in [0.717, 1.165) is 43.9 Å². The molecule has 1 saturated heterocycles. The molecule has 1 heterocycles. The van der Waals surface area contributed by atoms with Crippen molar-refractivity contribution in [1.82, 2.24) is 4.90 Å². The zero-order valence-corrected chi connectivity index (χ0v) is 16.4. The molecule has 4 heteroatoms. The van der Waals surface area contributed by atoms with E-state index in [1.54, 1.807) is 7.11 Å². The third-order valence-corrected chi connectivity index (χ3v) is 8.14. The molecule has 0 unspecified atom stereocenters. The van der Waals surface area contributed by atoms with Crippen molar-refractivity contribution in [2.24, 2.45) is 11.3 Å². The number of likely N-dealkylation sites (tertiary alicyclic amines) is 1. The Labute approximate surface area is 161 Å². The summed E-state index contributed by atoms with van der Waals surface area (Å²) in [7, 11) is 1.72. The maximum Gasteiger partial charge on any atom is 0.133 e. The highest BCUT2D eigenvalue weighted by Gasteiger charge is 2.65. The van der Waals surface area contributed by atoms with Crippen LogP contribution < -0.4 is 4.74 Å². The summed E-state index contributed by atoms with van der Waals surface area (Å²) in [4.78, 5) is 15.3. The van der Waals surface area contributed by atoms with Gasteiger partial charge in [-0.25, -0.2) is 0 Å². The fraction of sp³-hybridized carbons (Fsp3) is 0.696. The number of carbonyl (C=O) groups excluding carboxylic acids is 1. The number of Topliss-reactive ketones (excluding diaryl/α,β-unsaturated/α-hetero) is 1. The minimum Gasteiger partial charge on any atom is -0.497 e. The van der Waals surface area contributed by atoms with Gasteiger partial charge < -0.3 is 9.84 Å². The number of aliphatic hydroxyl groups is 1. The maximum atomic E-state index is 12.7. The van der Waals surface area contributed by atoms with Gasteiger partial charge in [0, 0.05) is 42.9 Å². The van der Waals surface area contributed by atoms with Gasteiger partial charge in [0.15, 0.2) is 0 Å². The van der Waals surface area contributed by atoms with E-state index in [1.807, 2.05) is 0 Å². The highest BCUT2D eigenvalue weighted by Crippen LogP contribution is 2.65. The number of rotatable bonds is 5. The molecule has 4 nitrogen and oxygen atoms in total. The van der Waals surface area contributed by atoms with Gasteiger partial charge in [-0.05, 0) is 74.2 Å². The number of ketones is 1. The lowest BCUT2D eigenvalue weighted by atomic mass is 9.49. The number of nitrogens with zero attached hydrogens (tertiary/aromatic N) is 1. The second-order valence-corrected chi connectivity index (χ2v) is 9.37. The zero-order chi connectivity index (χ0) is 18.6. The second-order valence-electron chi connectivity index (χ2n) is 9.37. The molecule has 3 atom stereocenters. The molecule has 4 aliphatic rings. The number of methoxy groups -OCH3 is 1. The van der Waals surface area contributed by atoms with Gasteiger partial charge in [-0.1, -0.05) is 6.07 Å². The van der Waals surface area contributed by atoms with Gasteiger partial charge in [0.05, 0.1) is 7.11 Å². The van der Waals surface area contributed by atoms with Crippen LogP contribution in [-0.2, 0) is 16.6 Å². The topological polar surface area (TPSA) is 49.8 Å². The number of fused-ring (bicyclic) bond motifs is 1. The van der Waals surface area contributed by atoms with Gasteiger partial charge in [-0.15, -0.1) is 0 Å². The van der Waals surface area contributed by atoms with E-state index in [0.29, 0.717) is 24.7 Å². The lowest BCUT2D eigenvalue weighted by molar-refractivity contribution is -0.135. The predicted octanol–water partition coefficient (Wildman–Crippen LogP) is 3.10. The lowest BCUT2D eigenvalue weighted by Crippen LogP contribution is -2.65. The molecule has 146 valence electrons. The summed E-state index contributed by atoms with van der Waals surface area (Å²) in [5.74, 6) is 2.17. The Bertz CT molecular complexity index is 758. The minimum absolute atomic E-state index is 0.0634. The SMILES string of the molecule is COc1ccc2c(c1)[C@]13CCN(CC4CC4)[C@@H](CCO)[C@]1(CCC(=O)C3)C2. The summed E-state index contributed by atoms with van der Waals surface area (Å²) in [5, 5.41) is 9.93. The lowest BCUT2D eigenvalue weighted by Gasteiger charge is -2.60. The molecule has 0 radical (unpaired) electrons. The first-order valence-corrected chi connectivity index (χ1v) is 10.7. The molecule has 27 heavy (non-hydrogen) atoms. The van der Waals surface area contributed by atoms with Crippen molar-refractivity contribution in [3.8, 4) is 5.75 Å². The monoisotopic (exact) mass is 369 g/mol. The van der Waals surface area contributed by atoms with Gasteiger partial charge in [-0.3, -0.25) is 9.69 Å². The van der Waals surface area contributed by atoms with Gasteiger partial charge in [-0.2, -0.15) is 0 Å². The molecule has 2 saturated carbocycles. The Kier molecular flexibility index (Phi) is 4.14. The highest BCUT2D eigenvalue weighted by atomic mass is 16.5. The van der Waals surface area contributed by atoms with Crippen molar-refractivity contribution in [2.45, 2.75) is 62.8 Å². The zero-order valence-electron chi connectivity index (χ0n) is 16.4. The third-order valence-electron chi connectivity index (χ3n) is 8.14. The summed E-state index contributed by atoms with van der Waals surface area (Å²) in [6.07, 6.45) is 7.99. The van der Waals surface area contributed by atoms with E-state index in [-0.39, 0.29) is 17.4 Å². The number of aliphatic hydroxyl groups excluding tert-OH is 1.